The van der Waals surface area contributed by atoms with Crippen LogP contribution in [0.25, 0.3) is 11.0 Å². The number of hydrogen-bond donors (Lipinski definition) is 1. The number of benzene rings is 1. The molecular weight excluding hydrogens is 250 g/mol. The van der Waals surface area contributed by atoms with Crippen molar-refractivity contribution in [3.63, 3.8) is 0 Å². The maximum atomic E-state index is 6.16. The van der Waals surface area contributed by atoms with Crippen molar-refractivity contribution in [2.45, 2.75) is 31.4 Å². The van der Waals surface area contributed by atoms with Gasteiger partial charge in [-0.05, 0) is 31.4 Å². The predicted octanol–water partition coefficient (Wildman–Crippen LogP) is 3.01. The number of ether oxygens (including phenoxy) is 1. The summed E-state index contributed by atoms with van der Waals surface area (Å²) in [5.41, 5.74) is 7.83. The second kappa shape index (κ2) is 4.44. The minimum absolute atomic E-state index is 0.212. The number of fused-ring (bicyclic) bond motifs is 1. The van der Waals surface area contributed by atoms with E-state index in [9.17, 15) is 0 Å². The van der Waals surface area contributed by atoms with Crippen LogP contribution >= 0.6 is 11.6 Å². The van der Waals surface area contributed by atoms with Gasteiger partial charge in [0.15, 0.2) is 0 Å². The molecule has 3 rings (SSSR count). The van der Waals surface area contributed by atoms with Crippen molar-refractivity contribution in [3.05, 3.63) is 23.2 Å². The van der Waals surface area contributed by atoms with Crippen LogP contribution in [0.3, 0.4) is 0 Å². The highest BCUT2D eigenvalue weighted by Gasteiger charge is 2.31. The maximum Gasteiger partial charge on any atom is 0.201 e. The molecule has 1 saturated carbocycles. The van der Waals surface area contributed by atoms with Crippen LogP contribution in [-0.2, 0) is 4.74 Å². The van der Waals surface area contributed by atoms with Gasteiger partial charge in [0.2, 0.25) is 5.95 Å². The van der Waals surface area contributed by atoms with E-state index in [4.69, 9.17) is 22.1 Å². The topological polar surface area (TPSA) is 53.1 Å². The zero-order chi connectivity index (χ0) is 12.7. The Labute approximate surface area is 111 Å². The minimum atomic E-state index is 0.212. The number of nitrogens with zero attached hydrogens (tertiary/aromatic N) is 2. The molecule has 18 heavy (non-hydrogen) atoms. The molecule has 1 aromatic heterocycles. The molecule has 0 bridgehead atoms. The molecule has 1 fully saturated rings. The molecule has 1 aliphatic rings. The summed E-state index contributed by atoms with van der Waals surface area (Å²) in [6.45, 7) is 0. The van der Waals surface area contributed by atoms with Crippen LogP contribution in [0.15, 0.2) is 18.2 Å². The Morgan fingerprint density at radius 1 is 1.44 bits per heavy atom. The molecule has 0 radical (unpaired) electrons. The summed E-state index contributed by atoms with van der Waals surface area (Å²) in [6.07, 6.45) is 3.51. The van der Waals surface area contributed by atoms with E-state index >= 15 is 0 Å². The van der Waals surface area contributed by atoms with Gasteiger partial charge < -0.3 is 15.0 Å². The third kappa shape index (κ3) is 1.68. The standard InChI is InChI=1S/C13H16ClN3O/c1-18-11-7-3-5-9(11)17-10-6-2-4-8(14)12(10)16-13(17)15/h2,4,6,9,11H,3,5,7H2,1H3,(H2,15,16). The van der Waals surface area contributed by atoms with Gasteiger partial charge in [-0.25, -0.2) is 4.98 Å². The highest BCUT2D eigenvalue weighted by atomic mass is 35.5. The molecule has 1 aromatic carbocycles. The van der Waals surface area contributed by atoms with Crippen LogP contribution in [-0.4, -0.2) is 22.8 Å². The number of halogens is 1. The molecule has 2 atom stereocenters. The van der Waals surface area contributed by atoms with E-state index in [0.29, 0.717) is 11.0 Å². The lowest BCUT2D eigenvalue weighted by Crippen LogP contribution is -2.21. The zero-order valence-corrected chi connectivity index (χ0v) is 11.0. The lowest BCUT2D eigenvalue weighted by atomic mass is 10.2. The Morgan fingerprint density at radius 3 is 3.06 bits per heavy atom. The van der Waals surface area contributed by atoms with Crippen molar-refractivity contribution in [2.75, 3.05) is 12.8 Å². The molecular formula is C13H16ClN3O. The molecule has 5 heteroatoms. The first-order chi connectivity index (χ1) is 8.72. The van der Waals surface area contributed by atoms with Gasteiger partial charge in [0.25, 0.3) is 0 Å². The van der Waals surface area contributed by atoms with E-state index in [1.54, 1.807) is 7.11 Å². The number of anilines is 1. The fourth-order valence-electron chi connectivity index (χ4n) is 2.93. The van der Waals surface area contributed by atoms with Gasteiger partial charge in [0, 0.05) is 7.11 Å². The second-order valence-corrected chi connectivity index (χ2v) is 5.13. The lowest BCUT2D eigenvalue weighted by Gasteiger charge is -2.21. The normalized spacial score (nSPS) is 23.9. The van der Waals surface area contributed by atoms with Gasteiger partial charge in [-0.15, -0.1) is 0 Å². The van der Waals surface area contributed by atoms with E-state index in [1.807, 2.05) is 18.2 Å². The molecule has 1 aliphatic carbocycles. The highest BCUT2D eigenvalue weighted by molar-refractivity contribution is 6.35. The van der Waals surface area contributed by atoms with Crippen molar-refractivity contribution in [1.82, 2.24) is 9.55 Å². The molecule has 2 N–H and O–H groups in total. The van der Waals surface area contributed by atoms with Gasteiger partial charge in [-0.3, -0.25) is 0 Å². The minimum Gasteiger partial charge on any atom is -0.379 e. The molecule has 2 unspecified atom stereocenters. The Kier molecular flexibility index (Phi) is 2.92. The van der Waals surface area contributed by atoms with Gasteiger partial charge >= 0.3 is 0 Å². The summed E-state index contributed by atoms with van der Waals surface area (Å²) in [5, 5.41) is 0.643. The lowest BCUT2D eigenvalue weighted by molar-refractivity contribution is 0.0768. The largest absolute Gasteiger partial charge is 0.379 e. The second-order valence-electron chi connectivity index (χ2n) is 4.72. The molecule has 0 saturated heterocycles. The van der Waals surface area contributed by atoms with Crippen molar-refractivity contribution < 1.29 is 4.74 Å². The SMILES string of the molecule is COC1CCCC1n1c(N)nc2c(Cl)cccc21. The number of imidazole rings is 1. The Balaban J connectivity index is 2.16. The quantitative estimate of drug-likeness (QED) is 0.908. The van der Waals surface area contributed by atoms with Gasteiger partial charge in [0.05, 0.1) is 22.7 Å². The smallest absolute Gasteiger partial charge is 0.201 e. The van der Waals surface area contributed by atoms with Gasteiger partial charge in [0.1, 0.15) is 5.52 Å². The van der Waals surface area contributed by atoms with E-state index in [1.165, 1.54) is 0 Å². The van der Waals surface area contributed by atoms with Crippen LogP contribution in [0, 0.1) is 0 Å². The van der Waals surface area contributed by atoms with Crippen LogP contribution < -0.4 is 5.73 Å². The first-order valence-corrected chi connectivity index (χ1v) is 6.55. The number of rotatable bonds is 2. The summed E-state index contributed by atoms with van der Waals surface area (Å²) in [5.74, 6) is 0.520. The number of nitrogens with two attached hydrogens (primary N) is 1. The van der Waals surface area contributed by atoms with E-state index in [-0.39, 0.29) is 12.1 Å². The first-order valence-electron chi connectivity index (χ1n) is 6.17. The number of nitrogen functional groups attached to an aromatic ring is 1. The van der Waals surface area contributed by atoms with Crippen LogP contribution in [0.1, 0.15) is 25.3 Å². The predicted molar refractivity (Wildman–Crippen MR) is 72.8 cm³/mol. The monoisotopic (exact) mass is 265 g/mol. The van der Waals surface area contributed by atoms with Crippen LogP contribution in [0.4, 0.5) is 5.95 Å². The van der Waals surface area contributed by atoms with E-state index < -0.39 is 0 Å². The number of hydrogen-bond acceptors (Lipinski definition) is 3. The number of aromatic nitrogens is 2. The maximum absolute atomic E-state index is 6.16. The number of methoxy groups -OCH3 is 1. The van der Waals surface area contributed by atoms with Crippen molar-refractivity contribution in [2.24, 2.45) is 0 Å². The molecule has 0 spiro atoms. The summed E-state index contributed by atoms with van der Waals surface area (Å²) in [4.78, 5) is 4.38. The van der Waals surface area contributed by atoms with Gasteiger partial charge in [-0.1, -0.05) is 17.7 Å². The van der Waals surface area contributed by atoms with E-state index in [2.05, 4.69) is 9.55 Å². The molecule has 96 valence electrons. The average molecular weight is 266 g/mol. The third-order valence-electron chi connectivity index (χ3n) is 3.75. The van der Waals surface area contributed by atoms with E-state index in [0.717, 1.165) is 30.3 Å². The fraction of sp³-hybridized carbons (Fsp3) is 0.462. The van der Waals surface area contributed by atoms with Crippen LogP contribution in [0.2, 0.25) is 5.02 Å². The molecule has 0 amide bonds. The molecule has 2 aromatic rings. The van der Waals surface area contributed by atoms with Crippen molar-refractivity contribution in [3.8, 4) is 0 Å². The number of para-hydroxylation sites is 1. The Hall–Kier alpha value is -1.26. The Morgan fingerprint density at radius 2 is 2.28 bits per heavy atom. The summed E-state index contributed by atoms with van der Waals surface area (Å²) >= 11 is 6.16. The van der Waals surface area contributed by atoms with Crippen molar-refractivity contribution in [1.29, 1.82) is 0 Å². The fourth-order valence-corrected chi connectivity index (χ4v) is 3.14. The van der Waals surface area contributed by atoms with Crippen molar-refractivity contribution >= 4 is 28.6 Å². The molecule has 0 aliphatic heterocycles. The average Bonchev–Trinajstić information content (AvgIpc) is 2.93. The zero-order valence-electron chi connectivity index (χ0n) is 10.3. The summed E-state index contributed by atoms with van der Waals surface area (Å²) in [6, 6.07) is 6.04. The molecule has 1 heterocycles. The Bertz CT molecular complexity index is 581. The summed E-state index contributed by atoms with van der Waals surface area (Å²) in [7, 11) is 1.76. The molecule has 4 nitrogen and oxygen atoms in total. The summed E-state index contributed by atoms with van der Waals surface area (Å²) < 4.78 is 7.62. The van der Waals surface area contributed by atoms with Gasteiger partial charge in [-0.2, -0.15) is 0 Å². The van der Waals surface area contributed by atoms with Crippen LogP contribution in [0.5, 0.6) is 0 Å². The third-order valence-corrected chi connectivity index (χ3v) is 4.06. The highest BCUT2D eigenvalue weighted by Crippen LogP contribution is 2.37. The first kappa shape index (κ1) is 11.8.